The fourth-order valence-electron chi connectivity index (χ4n) is 4.84. The molecular weight excluding hydrogens is 826 g/mol. The third kappa shape index (κ3) is 7.08. The van der Waals surface area contributed by atoms with E-state index in [9.17, 15) is 9.59 Å². The number of nitrogens with zero attached hydrogens (tertiary/aromatic N) is 2. The Morgan fingerprint density at radius 1 is 1.11 bits per heavy atom. The summed E-state index contributed by atoms with van der Waals surface area (Å²) in [6.45, 7) is 8.01. The molecule has 44 heavy (non-hydrogen) atoms. The number of fused-ring (bicyclic) bond motifs is 1. The molecule has 0 saturated heterocycles. The molecule has 1 aliphatic heterocycles. The molecule has 228 valence electrons. The first-order valence-electron chi connectivity index (χ1n) is 13.9. The Morgan fingerprint density at radius 2 is 1.80 bits per heavy atom. The molecule has 0 N–H and O–H groups in total. The topological polar surface area (TPSA) is 79.1 Å². The van der Waals surface area contributed by atoms with Gasteiger partial charge in [0, 0.05) is 10.6 Å². The monoisotopic (exact) mass is 854 g/mol. The molecule has 0 saturated carbocycles. The quantitative estimate of drug-likeness (QED) is 0.134. The molecule has 1 aromatic heterocycles. The summed E-state index contributed by atoms with van der Waals surface area (Å²) in [7, 11) is 0. The Kier molecular flexibility index (Phi) is 10.5. The summed E-state index contributed by atoms with van der Waals surface area (Å²) in [4.78, 5) is 32.6. The largest absolute Gasteiger partial charge is 0.491 e. The van der Waals surface area contributed by atoms with Gasteiger partial charge < -0.3 is 14.2 Å². The molecule has 0 aliphatic carbocycles. The summed E-state index contributed by atoms with van der Waals surface area (Å²) < 4.78 is 21.6. The average Bonchev–Trinajstić information content (AvgIpc) is 3.26. The highest BCUT2D eigenvalue weighted by Gasteiger charge is 2.35. The molecule has 0 fully saturated rings. The van der Waals surface area contributed by atoms with Gasteiger partial charge in [-0.05, 0) is 120 Å². The molecule has 0 amide bonds. The predicted octanol–water partition coefficient (Wildman–Crippen LogP) is 7.03. The molecule has 2 heterocycles. The zero-order valence-corrected chi connectivity index (χ0v) is 30.3. The van der Waals surface area contributed by atoms with Crippen LogP contribution in [0.5, 0.6) is 11.5 Å². The van der Waals surface area contributed by atoms with Gasteiger partial charge in [-0.3, -0.25) is 9.36 Å². The van der Waals surface area contributed by atoms with Crippen LogP contribution in [0.3, 0.4) is 0 Å². The van der Waals surface area contributed by atoms with Crippen molar-refractivity contribution in [3.8, 4) is 11.5 Å². The van der Waals surface area contributed by atoms with Crippen molar-refractivity contribution in [2.45, 2.75) is 46.4 Å². The van der Waals surface area contributed by atoms with Gasteiger partial charge in [-0.2, -0.15) is 0 Å². The average molecular weight is 855 g/mol. The van der Waals surface area contributed by atoms with Gasteiger partial charge in [0.15, 0.2) is 4.80 Å². The standard InChI is InChI=1S/C33H29ClI2N2O5S/c1-5-41-32(40)28-19(4)37-33-38(29(28)23-8-6-7-9-26(23)43-18(2)3)31(39)27(44-33)16-21-14-24(35)30(25(36)15-21)42-17-20-10-12-22(34)13-11-20/h6-16,18,29H,5,17H2,1-4H3/b27-16+/t29-/m1/s1. The van der Waals surface area contributed by atoms with Crippen molar-refractivity contribution in [1.29, 1.82) is 0 Å². The lowest BCUT2D eigenvalue weighted by atomic mass is 9.95. The Bertz CT molecular complexity index is 1910. The van der Waals surface area contributed by atoms with Crippen LogP contribution in [0.4, 0.5) is 0 Å². The number of halogens is 3. The van der Waals surface area contributed by atoms with E-state index in [4.69, 9.17) is 30.8 Å². The maximum atomic E-state index is 14.1. The first-order chi connectivity index (χ1) is 21.1. The van der Waals surface area contributed by atoms with Crippen LogP contribution in [0.1, 0.15) is 50.4 Å². The van der Waals surface area contributed by atoms with Gasteiger partial charge >= 0.3 is 5.97 Å². The van der Waals surface area contributed by atoms with E-state index in [2.05, 4.69) is 45.2 Å². The molecule has 1 aliphatic rings. The van der Waals surface area contributed by atoms with Crippen molar-refractivity contribution in [2.75, 3.05) is 6.61 Å². The van der Waals surface area contributed by atoms with Gasteiger partial charge in [-0.25, -0.2) is 9.79 Å². The van der Waals surface area contributed by atoms with Gasteiger partial charge in [-0.1, -0.05) is 53.3 Å². The third-order valence-electron chi connectivity index (χ3n) is 6.71. The van der Waals surface area contributed by atoms with E-state index in [1.165, 1.54) is 11.3 Å². The van der Waals surface area contributed by atoms with E-state index >= 15 is 0 Å². The first-order valence-corrected chi connectivity index (χ1v) is 17.2. The van der Waals surface area contributed by atoms with Gasteiger partial charge in [0.05, 0.1) is 35.7 Å². The van der Waals surface area contributed by atoms with E-state index in [-0.39, 0.29) is 18.3 Å². The lowest BCUT2D eigenvalue weighted by Crippen LogP contribution is -2.40. The van der Waals surface area contributed by atoms with Gasteiger partial charge in [-0.15, -0.1) is 0 Å². The van der Waals surface area contributed by atoms with Crippen LogP contribution in [0, 0.1) is 7.14 Å². The number of carbonyl (C=O) groups excluding carboxylic acids is 1. The number of thiazole rings is 1. The van der Waals surface area contributed by atoms with E-state index < -0.39 is 12.0 Å². The fourth-order valence-corrected chi connectivity index (χ4v) is 8.14. The highest BCUT2D eigenvalue weighted by Crippen LogP contribution is 2.36. The van der Waals surface area contributed by atoms with Crippen LogP contribution >= 0.6 is 68.1 Å². The molecule has 1 atom stereocenters. The Morgan fingerprint density at radius 3 is 2.45 bits per heavy atom. The van der Waals surface area contributed by atoms with Crippen molar-refractivity contribution >= 4 is 80.2 Å². The zero-order valence-electron chi connectivity index (χ0n) is 24.4. The smallest absolute Gasteiger partial charge is 0.338 e. The number of hydrogen-bond donors (Lipinski definition) is 0. The molecule has 5 rings (SSSR count). The van der Waals surface area contributed by atoms with Crippen molar-refractivity contribution in [3.05, 3.63) is 120 Å². The minimum absolute atomic E-state index is 0.105. The summed E-state index contributed by atoms with van der Waals surface area (Å²) in [5.74, 6) is 0.860. The number of benzene rings is 3. The van der Waals surface area contributed by atoms with Crippen LogP contribution in [0.25, 0.3) is 6.08 Å². The predicted molar refractivity (Wildman–Crippen MR) is 190 cm³/mol. The van der Waals surface area contributed by atoms with Crippen molar-refractivity contribution in [1.82, 2.24) is 4.57 Å². The SMILES string of the molecule is CCOC(=O)C1=C(C)N=c2s/c(=C/c3cc(I)c(OCc4ccc(Cl)cc4)c(I)c3)c(=O)n2[C@@H]1c1ccccc1OC(C)C. The van der Waals surface area contributed by atoms with Crippen LogP contribution in [-0.4, -0.2) is 23.2 Å². The first kappa shape index (κ1) is 32.7. The number of esters is 1. The molecule has 11 heteroatoms. The minimum Gasteiger partial charge on any atom is -0.491 e. The number of rotatable bonds is 9. The summed E-state index contributed by atoms with van der Waals surface area (Å²) >= 11 is 11.8. The summed E-state index contributed by atoms with van der Waals surface area (Å²) in [6, 6.07) is 18.2. The second kappa shape index (κ2) is 14.2. The lowest BCUT2D eigenvalue weighted by Gasteiger charge is -2.26. The Balaban J connectivity index is 1.58. The number of hydrogen-bond acceptors (Lipinski definition) is 7. The van der Waals surface area contributed by atoms with E-state index in [0.717, 1.165) is 24.0 Å². The number of allylic oxidation sites excluding steroid dienone is 1. The van der Waals surface area contributed by atoms with Gasteiger partial charge in [0.1, 0.15) is 24.1 Å². The Hall–Kier alpha value is -2.68. The summed E-state index contributed by atoms with van der Waals surface area (Å²) in [5.41, 5.74) is 3.13. The molecule has 7 nitrogen and oxygen atoms in total. The summed E-state index contributed by atoms with van der Waals surface area (Å²) in [6.07, 6.45) is 1.75. The van der Waals surface area contributed by atoms with Crippen LogP contribution in [0.15, 0.2) is 81.7 Å². The fraction of sp³-hybridized carbons (Fsp3) is 0.242. The second-order valence-corrected chi connectivity index (χ2v) is 14.0. The van der Waals surface area contributed by atoms with Crippen LogP contribution in [-0.2, 0) is 16.1 Å². The summed E-state index contributed by atoms with van der Waals surface area (Å²) in [5, 5.41) is 0.680. The number of para-hydroxylation sites is 1. The number of carbonyl (C=O) groups is 1. The minimum atomic E-state index is -0.758. The van der Waals surface area contributed by atoms with Crippen molar-refractivity contribution in [3.63, 3.8) is 0 Å². The van der Waals surface area contributed by atoms with E-state index in [0.29, 0.717) is 43.5 Å². The van der Waals surface area contributed by atoms with Crippen molar-refractivity contribution in [2.24, 2.45) is 4.99 Å². The van der Waals surface area contributed by atoms with Crippen molar-refractivity contribution < 1.29 is 19.0 Å². The highest BCUT2D eigenvalue weighted by atomic mass is 127. The lowest BCUT2D eigenvalue weighted by molar-refractivity contribution is -0.139. The van der Waals surface area contributed by atoms with Crippen LogP contribution in [0.2, 0.25) is 5.02 Å². The Labute approximate surface area is 291 Å². The van der Waals surface area contributed by atoms with Gasteiger partial charge in [0.25, 0.3) is 5.56 Å². The molecule has 0 spiro atoms. The maximum Gasteiger partial charge on any atom is 0.338 e. The van der Waals surface area contributed by atoms with E-state index in [1.807, 2.05) is 80.6 Å². The molecule has 4 aromatic rings. The molecule has 3 aromatic carbocycles. The third-order valence-corrected chi connectivity index (χ3v) is 9.55. The number of aromatic nitrogens is 1. The normalized spacial score (nSPS) is 14.8. The molecule has 0 bridgehead atoms. The van der Waals surface area contributed by atoms with Crippen LogP contribution < -0.4 is 24.4 Å². The molecule has 0 unspecified atom stereocenters. The zero-order chi connectivity index (χ0) is 31.5. The highest BCUT2D eigenvalue weighted by molar-refractivity contribution is 14.1. The number of ether oxygens (including phenoxy) is 3. The maximum absolute atomic E-state index is 14.1. The molecule has 0 radical (unpaired) electrons. The van der Waals surface area contributed by atoms with E-state index in [1.54, 1.807) is 18.4 Å². The second-order valence-electron chi connectivity index (χ2n) is 10.2. The molecular formula is C33H29ClI2N2O5S. The van der Waals surface area contributed by atoms with Gasteiger partial charge in [0.2, 0.25) is 0 Å².